The number of imide groups is 1. The number of fused-ring (bicyclic) bond motifs is 1. The number of thiazole rings is 1. The quantitative estimate of drug-likeness (QED) is 0.747. The standard InChI is InChI=1S/C18H26N6O2S2/c1-12-11-28-18(19-12)27-10-9-24-13-14(22(2)17(26)21-15(13)25)20-16(24)23-7-5-3-4-6-8-23/h11,13-14H,3-10H2,1-2H3,(H,21,25,26). The number of urea groups is 1. The Balaban J connectivity index is 1.53. The zero-order valence-electron chi connectivity index (χ0n) is 16.3. The Bertz CT molecular complexity index is 774. The van der Waals surface area contributed by atoms with Gasteiger partial charge in [-0.25, -0.2) is 14.8 Å². The lowest BCUT2D eigenvalue weighted by atomic mass is 10.1. The van der Waals surface area contributed by atoms with Crippen molar-refractivity contribution < 1.29 is 9.59 Å². The number of aryl methyl sites for hydroxylation is 1. The molecular weight excluding hydrogens is 396 g/mol. The van der Waals surface area contributed by atoms with Gasteiger partial charge >= 0.3 is 6.03 Å². The van der Waals surface area contributed by atoms with Crippen LogP contribution in [0.5, 0.6) is 0 Å². The molecule has 3 amide bonds. The molecule has 0 aromatic carbocycles. The van der Waals surface area contributed by atoms with Crippen molar-refractivity contribution in [2.45, 2.75) is 49.2 Å². The van der Waals surface area contributed by atoms with E-state index in [1.54, 1.807) is 35.0 Å². The molecule has 2 fully saturated rings. The van der Waals surface area contributed by atoms with Crippen LogP contribution in [0, 0.1) is 6.92 Å². The summed E-state index contributed by atoms with van der Waals surface area (Å²) in [6.07, 6.45) is 4.28. The number of carbonyl (C=O) groups is 2. The maximum absolute atomic E-state index is 12.7. The maximum Gasteiger partial charge on any atom is 0.325 e. The number of hydrogen-bond acceptors (Lipinski definition) is 8. The fourth-order valence-electron chi connectivity index (χ4n) is 3.91. The summed E-state index contributed by atoms with van der Waals surface area (Å²) >= 11 is 3.35. The zero-order valence-corrected chi connectivity index (χ0v) is 17.9. The predicted molar refractivity (Wildman–Crippen MR) is 111 cm³/mol. The number of nitrogens with one attached hydrogen (secondary N) is 1. The van der Waals surface area contributed by atoms with Gasteiger partial charge in [0.2, 0.25) is 0 Å². The Kier molecular flexibility index (Phi) is 5.77. The molecule has 1 aromatic heterocycles. The third-order valence-electron chi connectivity index (χ3n) is 5.38. The van der Waals surface area contributed by atoms with E-state index in [9.17, 15) is 9.59 Å². The van der Waals surface area contributed by atoms with Crippen LogP contribution in [-0.4, -0.2) is 82.2 Å². The zero-order chi connectivity index (χ0) is 19.7. The number of aliphatic imine (C=N–C) groups is 1. The maximum atomic E-state index is 12.7. The molecule has 0 saturated carbocycles. The first-order valence-corrected chi connectivity index (χ1v) is 11.6. The number of guanidine groups is 1. The van der Waals surface area contributed by atoms with Gasteiger partial charge in [-0.15, -0.1) is 11.3 Å². The molecule has 152 valence electrons. The molecule has 3 aliphatic rings. The van der Waals surface area contributed by atoms with E-state index in [0.29, 0.717) is 6.54 Å². The Hall–Kier alpha value is -1.81. The van der Waals surface area contributed by atoms with Gasteiger partial charge in [0, 0.05) is 43.5 Å². The molecule has 4 rings (SSSR count). The second-order valence-corrected chi connectivity index (χ2v) is 9.59. The summed E-state index contributed by atoms with van der Waals surface area (Å²) in [5.41, 5.74) is 1.03. The van der Waals surface area contributed by atoms with Crippen molar-refractivity contribution in [1.82, 2.24) is 25.0 Å². The summed E-state index contributed by atoms with van der Waals surface area (Å²) in [7, 11) is 1.71. The molecule has 2 atom stereocenters. The molecule has 0 radical (unpaired) electrons. The summed E-state index contributed by atoms with van der Waals surface area (Å²) in [5, 5.41) is 4.52. The Morgan fingerprint density at radius 3 is 2.68 bits per heavy atom. The van der Waals surface area contributed by atoms with Gasteiger partial charge in [0.15, 0.2) is 18.2 Å². The SMILES string of the molecule is Cc1csc(SCCN2C(N3CCCCCC3)=NC3C2C(=O)NC(=O)N3C)n1. The van der Waals surface area contributed by atoms with Gasteiger partial charge in [0.1, 0.15) is 4.34 Å². The molecule has 1 aromatic rings. The number of carbonyl (C=O) groups excluding carboxylic acids is 2. The number of likely N-dealkylation sites (tertiary alicyclic amines) is 1. The van der Waals surface area contributed by atoms with Gasteiger partial charge in [-0.3, -0.25) is 10.1 Å². The van der Waals surface area contributed by atoms with Crippen LogP contribution in [-0.2, 0) is 4.79 Å². The second-order valence-electron chi connectivity index (χ2n) is 7.39. The molecule has 0 bridgehead atoms. The van der Waals surface area contributed by atoms with E-state index in [2.05, 4.69) is 20.1 Å². The van der Waals surface area contributed by atoms with Crippen molar-refractivity contribution >= 4 is 41.0 Å². The molecule has 8 nitrogen and oxygen atoms in total. The Morgan fingerprint density at radius 2 is 2.00 bits per heavy atom. The average molecular weight is 423 g/mol. The van der Waals surface area contributed by atoms with Crippen LogP contribution in [0.25, 0.3) is 0 Å². The van der Waals surface area contributed by atoms with Crippen LogP contribution in [0.4, 0.5) is 4.79 Å². The predicted octanol–water partition coefficient (Wildman–Crippen LogP) is 1.97. The summed E-state index contributed by atoms with van der Waals surface area (Å²) in [5.74, 6) is 1.43. The number of nitrogens with zero attached hydrogens (tertiary/aromatic N) is 5. The average Bonchev–Trinajstić information content (AvgIpc) is 3.14. The molecule has 2 saturated heterocycles. The molecule has 3 aliphatic heterocycles. The van der Waals surface area contributed by atoms with E-state index in [0.717, 1.165) is 47.7 Å². The highest BCUT2D eigenvalue weighted by Crippen LogP contribution is 2.28. The number of amides is 3. The fraction of sp³-hybridized carbons (Fsp3) is 0.667. The summed E-state index contributed by atoms with van der Waals surface area (Å²) < 4.78 is 1.04. The van der Waals surface area contributed by atoms with Crippen molar-refractivity contribution in [1.29, 1.82) is 0 Å². The van der Waals surface area contributed by atoms with Gasteiger partial charge in [0.25, 0.3) is 5.91 Å². The minimum Gasteiger partial charge on any atom is -0.343 e. The molecule has 2 unspecified atom stereocenters. The van der Waals surface area contributed by atoms with Crippen molar-refractivity contribution in [3.05, 3.63) is 11.1 Å². The largest absolute Gasteiger partial charge is 0.343 e. The van der Waals surface area contributed by atoms with E-state index < -0.39 is 12.2 Å². The number of likely N-dealkylation sites (N-methyl/N-ethyl adjacent to an activating group) is 1. The number of aromatic nitrogens is 1. The van der Waals surface area contributed by atoms with E-state index in [4.69, 9.17) is 4.99 Å². The normalized spacial score (nSPS) is 25.5. The van der Waals surface area contributed by atoms with E-state index >= 15 is 0 Å². The topological polar surface area (TPSA) is 81.1 Å². The molecule has 28 heavy (non-hydrogen) atoms. The summed E-state index contributed by atoms with van der Waals surface area (Å²) in [4.78, 5) is 40.0. The summed E-state index contributed by atoms with van der Waals surface area (Å²) in [6.45, 7) is 4.59. The Labute approximate surface area is 173 Å². The summed E-state index contributed by atoms with van der Waals surface area (Å²) in [6, 6.07) is -0.834. The molecule has 1 N–H and O–H groups in total. The van der Waals surface area contributed by atoms with E-state index in [1.165, 1.54) is 12.8 Å². The first kappa shape index (κ1) is 19.5. The second kappa shape index (κ2) is 8.28. The molecule has 0 spiro atoms. The molecular formula is C18H26N6O2S2. The first-order chi connectivity index (χ1) is 13.5. The van der Waals surface area contributed by atoms with Crippen LogP contribution < -0.4 is 5.32 Å². The fourth-order valence-corrected chi connectivity index (χ4v) is 5.77. The molecule has 4 heterocycles. The van der Waals surface area contributed by atoms with Crippen LogP contribution in [0.1, 0.15) is 31.4 Å². The van der Waals surface area contributed by atoms with Crippen molar-refractivity contribution in [3.63, 3.8) is 0 Å². The first-order valence-electron chi connectivity index (χ1n) is 9.76. The lowest BCUT2D eigenvalue weighted by molar-refractivity contribution is -0.127. The minimum atomic E-state index is -0.459. The van der Waals surface area contributed by atoms with Crippen molar-refractivity contribution in [3.8, 4) is 0 Å². The number of hydrogen-bond donors (Lipinski definition) is 1. The lowest BCUT2D eigenvalue weighted by Crippen LogP contribution is -2.64. The third kappa shape index (κ3) is 3.84. The molecule has 10 heteroatoms. The van der Waals surface area contributed by atoms with Gasteiger partial charge in [-0.05, 0) is 19.8 Å². The Morgan fingerprint density at radius 1 is 1.25 bits per heavy atom. The van der Waals surface area contributed by atoms with Crippen molar-refractivity contribution in [2.75, 3.05) is 32.4 Å². The highest BCUT2D eigenvalue weighted by molar-refractivity contribution is 8.01. The van der Waals surface area contributed by atoms with Gasteiger partial charge in [-0.1, -0.05) is 24.6 Å². The van der Waals surface area contributed by atoms with Gasteiger partial charge in [0.05, 0.1) is 0 Å². The highest BCUT2D eigenvalue weighted by Gasteiger charge is 2.49. The van der Waals surface area contributed by atoms with Crippen LogP contribution in [0.2, 0.25) is 0 Å². The smallest absolute Gasteiger partial charge is 0.325 e. The monoisotopic (exact) mass is 422 g/mol. The van der Waals surface area contributed by atoms with Gasteiger partial charge in [-0.2, -0.15) is 0 Å². The van der Waals surface area contributed by atoms with E-state index in [1.807, 2.05) is 12.3 Å². The van der Waals surface area contributed by atoms with Crippen molar-refractivity contribution in [2.24, 2.45) is 4.99 Å². The molecule has 0 aliphatic carbocycles. The van der Waals surface area contributed by atoms with E-state index in [-0.39, 0.29) is 11.9 Å². The van der Waals surface area contributed by atoms with Crippen LogP contribution in [0.15, 0.2) is 14.7 Å². The third-order valence-corrected chi connectivity index (χ3v) is 7.50. The number of rotatable bonds is 4. The van der Waals surface area contributed by atoms with Gasteiger partial charge < -0.3 is 14.7 Å². The highest BCUT2D eigenvalue weighted by atomic mass is 32.2. The number of thioether (sulfide) groups is 1. The van der Waals surface area contributed by atoms with Crippen LogP contribution >= 0.6 is 23.1 Å². The minimum absolute atomic E-state index is 0.253. The van der Waals surface area contributed by atoms with Crippen LogP contribution in [0.3, 0.4) is 0 Å². The lowest BCUT2D eigenvalue weighted by Gasteiger charge is -2.37.